The first-order valence-electron chi connectivity index (χ1n) is 11.5. The Morgan fingerprint density at radius 1 is 1.14 bits per heavy atom. The first-order chi connectivity index (χ1) is 13.2. The number of aliphatic carboxylic acids is 1. The minimum absolute atomic E-state index is 0.136. The van der Waals surface area contributed by atoms with Crippen LogP contribution in [0.15, 0.2) is 11.6 Å². The summed E-state index contributed by atoms with van der Waals surface area (Å²) in [6.07, 6.45) is 9.82. The number of hydrogen-bond acceptors (Lipinski definition) is 3. The van der Waals surface area contributed by atoms with Crippen LogP contribution in [-0.2, 0) is 4.79 Å². The molecule has 3 saturated carbocycles. The lowest BCUT2D eigenvalue weighted by molar-refractivity contribution is -0.137. The molecule has 28 heavy (non-hydrogen) atoms. The highest BCUT2D eigenvalue weighted by Gasteiger charge is 2.61. The molecule has 0 aromatic rings. The maximum atomic E-state index is 11.2. The van der Waals surface area contributed by atoms with E-state index >= 15 is 0 Å². The fourth-order valence-corrected chi connectivity index (χ4v) is 8.16. The van der Waals surface area contributed by atoms with Gasteiger partial charge in [-0.05, 0) is 91.8 Å². The van der Waals surface area contributed by atoms with Crippen LogP contribution in [0.5, 0.6) is 0 Å². The third kappa shape index (κ3) is 3.06. The van der Waals surface area contributed by atoms with Gasteiger partial charge in [-0.25, -0.2) is 0 Å². The van der Waals surface area contributed by atoms with Crippen molar-refractivity contribution in [2.75, 3.05) is 0 Å². The summed E-state index contributed by atoms with van der Waals surface area (Å²) in [5, 5.41) is 30.4. The van der Waals surface area contributed by atoms with E-state index in [2.05, 4.69) is 26.8 Å². The molecule has 0 spiro atoms. The Morgan fingerprint density at radius 2 is 1.89 bits per heavy atom. The summed E-state index contributed by atoms with van der Waals surface area (Å²) in [6, 6.07) is 0. The van der Waals surface area contributed by atoms with E-state index in [1.807, 2.05) is 0 Å². The van der Waals surface area contributed by atoms with Crippen molar-refractivity contribution in [3.05, 3.63) is 11.6 Å². The summed E-state index contributed by atoms with van der Waals surface area (Å²) in [7, 11) is 0. The zero-order valence-corrected chi connectivity index (χ0v) is 17.7. The average molecular weight is 391 g/mol. The second-order valence-electron chi connectivity index (χ2n) is 10.9. The predicted octanol–water partition coefficient (Wildman–Crippen LogP) is 4.40. The standard InChI is InChI=1S/C24H38O4/c1-14(4-7-21(27)28)17-5-6-18-22-19(9-11-24(17,18)3)23(2)10-8-16(25)12-15(23)13-20(22)26/h13-14,16-20,22,25-26H,4-12H2,1-3H3,(H,27,28)/t14-,16?,17-,18+,19+,20?,22+,23+,24-/m1/s1. The third-order valence-electron chi connectivity index (χ3n) is 9.68. The van der Waals surface area contributed by atoms with Crippen molar-refractivity contribution >= 4 is 5.97 Å². The molecule has 0 saturated heterocycles. The van der Waals surface area contributed by atoms with Crippen LogP contribution in [-0.4, -0.2) is 33.5 Å². The molecule has 0 radical (unpaired) electrons. The van der Waals surface area contributed by atoms with Gasteiger partial charge in [0, 0.05) is 6.42 Å². The Balaban J connectivity index is 1.59. The summed E-state index contributed by atoms with van der Waals surface area (Å²) in [4.78, 5) is 11.0. The zero-order chi connectivity index (χ0) is 20.3. The van der Waals surface area contributed by atoms with Gasteiger partial charge < -0.3 is 15.3 Å². The van der Waals surface area contributed by atoms with Crippen molar-refractivity contribution < 1.29 is 20.1 Å². The van der Waals surface area contributed by atoms with Crippen LogP contribution < -0.4 is 0 Å². The molecule has 4 aliphatic rings. The van der Waals surface area contributed by atoms with E-state index in [0.29, 0.717) is 29.6 Å². The number of aliphatic hydroxyl groups excluding tert-OH is 2. The Kier molecular flexibility index (Phi) is 5.19. The number of hydrogen-bond donors (Lipinski definition) is 3. The van der Waals surface area contributed by atoms with E-state index in [1.54, 1.807) is 0 Å². The molecular weight excluding hydrogens is 352 g/mol. The molecule has 4 heteroatoms. The molecule has 0 aliphatic heterocycles. The molecule has 4 aliphatic carbocycles. The van der Waals surface area contributed by atoms with Gasteiger partial charge in [0.25, 0.3) is 0 Å². The molecule has 0 aromatic heterocycles. The van der Waals surface area contributed by atoms with Crippen LogP contribution in [0.2, 0.25) is 0 Å². The second-order valence-corrected chi connectivity index (χ2v) is 10.9. The minimum Gasteiger partial charge on any atom is -0.481 e. The van der Waals surface area contributed by atoms with Gasteiger partial charge in [-0.3, -0.25) is 4.79 Å². The first kappa shape index (κ1) is 20.4. The van der Waals surface area contributed by atoms with E-state index in [0.717, 1.165) is 32.1 Å². The minimum atomic E-state index is -0.692. The highest BCUT2D eigenvalue weighted by atomic mass is 16.4. The van der Waals surface area contributed by atoms with Crippen LogP contribution >= 0.6 is 0 Å². The van der Waals surface area contributed by atoms with Gasteiger partial charge >= 0.3 is 5.97 Å². The highest BCUT2D eigenvalue weighted by molar-refractivity contribution is 5.66. The molecule has 4 nitrogen and oxygen atoms in total. The molecule has 2 unspecified atom stereocenters. The number of fused-ring (bicyclic) bond motifs is 5. The molecule has 9 atom stereocenters. The van der Waals surface area contributed by atoms with Crippen molar-refractivity contribution in [1.82, 2.24) is 0 Å². The number of carbonyl (C=O) groups is 1. The van der Waals surface area contributed by atoms with Crippen LogP contribution in [0, 0.1) is 40.4 Å². The van der Waals surface area contributed by atoms with E-state index in [4.69, 9.17) is 5.11 Å². The van der Waals surface area contributed by atoms with Crippen molar-refractivity contribution in [3.63, 3.8) is 0 Å². The maximum absolute atomic E-state index is 11.2. The van der Waals surface area contributed by atoms with Gasteiger partial charge in [-0.1, -0.05) is 32.4 Å². The number of carboxylic acids is 1. The van der Waals surface area contributed by atoms with Gasteiger partial charge in [0.05, 0.1) is 12.2 Å². The molecule has 0 amide bonds. The highest BCUT2D eigenvalue weighted by Crippen LogP contribution is 2.67. The normalized spacial score (nSPS) is 48.8. The van der Waals surface area contributed by atoms with Crippen molar-refractivity contribution in [2.45, 2.75) is 90.8 Å². The maximum Gasteiger partial charge on any atom is 0.303 e. The van der Waals surface area contributed by atoms with Gasteiger partial charge in [-0.15, -0.1) is 0 Å². The quantitative estimate of drug-likeness (QED) is 0.622. The summed E-state index contributed by atoms with van der Waals surface area (Å²) in [6.45, 7) is 7.06. The monoisotopic (exact) mass is 390 g/mol. The van der Waals surface area contributed by atoms with Gasteiger partial charge in [0.1, 0.15) is 0 Å². The van der Waals surface area contributed by atoms with E-state index in [9.17, 15) is 15.0 Å². The van der Waals surface area contributed by atoms with Crippen molar-refractivity contribution in [1.29, 1.82) is 0 Å². The Bertz CT molecular complexity index is 657. The molecular formula is C24H38O4. The first-order valence-corrected chi connectivity index (χ1v) is 11.5. The van der Waals surface area contributed by atoms with Crippen molar-refractivity contribution in [3.8, 4) is 0 Å². The van der Waals surface area contributed by atoms with Crippen LogP contribution in [0.4, 0.5) is 0 Å². The molecule has 0 aromatic carbocycles. The molecule has 4 rings (SSSR count). The van der Waals surface area contributed by atoms with Crippen LogP contribution in [0.3, 0.4) is 0 Å². The summed E-state index contributed by atoms with van der Waals surface area (Å²) >= 11 is 0. The smallest absolute Gasteiger partial charge is 0.303 e. The van der Waals surface area contributed by atoms with E-state index in [-0.39, 0.29) is 23.4 Å². The van der Waals surface area contributed by atoms with E-state index in [1.165, 1.54) is 24.8 Å². The largest absolute Gasteiger partial charge is 0.481 e. The molecule has 3 N–H and O–H groups in total. The fraction of sp³-hybridized carbons (Fsp3) is 0.875. The summed E-state index contributed by atoms with van der Waals surface area (Å²) in [5.74, 6) is 1.66. The zero-order valence-electron chi connectivity index (χ0n) is 17.7. The molecule has 3 fully saturated rings. The lowest BCUT2D eigenvalue weighted by Gasteiger charge is -2.59. The number of rotatable bonds is 4. The fourth-order valence-electron chi connectivity index (χ4n) is 8.16. The van der Waals surface area contributed by atoms with Gasteiger partial charge in [-0.2, -0.15) is 0 Å². The predicted molar refractivity (Wildman–Crippen MR) is 109 cm³/mol. The summed E-state index contributed by atoms with van der Waals surface area (Å²) in [5.41, 5.74) is 1.65. The Hall–Kier alpha value is -0.870. The number of aliphatic hydroxyl groups is 2. The topological polar surface area (TPSA) is 77.8 Å². The number of carboxylic acid groups (broad SMARTS) is 1. The molecule has 0 bridgehead atoms. The van der Waals surface area contributed by atoms with Crippen LogP contribution in [0.1, 0.15) is 78.6 Å². The molecule has 158 valence electrons. The van der Waals surface area contributed by atoms with Crippen molar-refractivity contribution in [2.24, 2.45) is 40.4 Å². The van der Waals surface area contributed by atoms with E-state index < -0.39 is 12.1 Å². The second kappa shape index (κ2) is 7.12. The van der Waals surface area contributed by atoms with Crippen LogP contribution in [0.25, 0.3) is 0 Å². The lowest BCUT2D eigenvalue weighted by atomic mass is 9.46. The Morgan fingerprint density at radius 3 is 2.61 bits per heavy atom. The lowest BCUT2D eigenvalue weighted by Crippen LogP contribution is -2.54. The average Bonchev–Trinajstić information content (AvgIpc) is 2.98. The Labute approximate surface area is 169 Å². The SMILES string of the molecule is C[C@H](CCC(=O)O)[C@H]1CC[C@H]2[C@@H]3C(O)C=C4CC(O)CC[C@]4(C)[C@H]3CC[C@]12C. The molecule has 0 heterocycles. The van der Waals surface area contributed by atoms with Gasteiger partial charge in [0.2, 0.25) is 0 Å². The van der Waals surface area contributed by atoms with Gasteiger partial charge in [0.15, 0.2) is 0 Å². The third-order valence-corrected chi connectivity index (χ3v) is 9.68. The summed E-state index contributed by atoms with van der Waals surface area (Å²) < 4.78 is 0.